The summed E-state index contributed by atoms with van der Waals surface area (Å²) in [4.78, 5) is 2.48. The van der Waals surface area contributed by atoms with Crippen molar-refractivity contribution in [1.29, 1.82) is 5.26 Å². The predicted octanol–water partition coefficient (Wildman–Crippen LogP) is 2.39. The number of hydrogen-bond acceptors (Lipinski definition) is 3. The van der Waals surface area contributed by atoms with E-state index in [9.17, 15) is 5.26 Å². The van der Waals surface area contributed by atoms with E-state index >= 15 is 0 Å². The summed E-state index contributed by atoms with van der Waals surface area (Å²) < 4.78 is 0. The molecular weight excluding hydrogens is 210 g/mol. The first-order valence-electron chi connectivity index (χ1n) is 6.92. The van der Waals surface area contributed by atoms with Crippen LogP contribution in [0.5, 0.6) is 0 Å². The molecule has 0 spiro atoms. The normalized spacial score (nSPS) is 22.4. The van der Waals surface area contributed by atoms with Crippen LogP contribution >= 0.6 is 0 Å². The Morgan fingerprint density at radius 2 is 1.88 bits per heavy atom. The summed E-state index contributed by atoms with van der Waals surface area (Å²) in [6.07, 6.45) is 3.00. The predicted molar refractivity (Wildman–Crippen MR) is 71.7 cm³/mol. The number of nitrogens with zero attached hydrogens (tertiary/aromatic N) is 2. The van der Waals surface area contributed by atoms with Gasteiger partial charge in [-0.1, -0.05) is 20.8 Å². The first-order chi connectivity index (χ1) is 8.01. The smallest absolute Gasteiger partial charge is 0.109 e. The van der Waals surface area contributed by atoms with Crippen LogP contribution in [-0.2, 0) is 0 Å². The van der Waals surface area contributed by atoms with E-state index in [1.807, 2.05) is 0 Å². The molecule has 1 aliphatic rings. The topological polar surface area (TPSA) is 39.1 Å². The molecule has 3 nitrogen and oxygen atoms in total. The number of rotatable bonds is 5. The van der Waals surface area contributed by atoms with E-state index < -0.39 is 0 Å². The Labute approximate surface area is 106 Å². The van der Waals surface area contributed by atoms with Crippen molar-refractivity contribution in [2.24, 2.45) is 5.92 Å². The number of piperidine rings is 1. The lowest BCUT2D eigenvalue weighted by Gasteiger charge is -2.40. The Bertz CT molecular complexity index is 259. The van der Waals surface area contributed by atoms with Gasteiger partial charge in [-0.3, -0.25) is 5.32 Å². The molecule has 1 aliphatic heterocycles. The van der Waals surface area contributed by atoms with E-state index in [-0.39, 0.29) is 5.54 Å². The van der Waals surface area contributed by atoms with Crippen LogP contribution in [0.3, 0.4) is 0 Å². The first-order valence-corrected chi connectivity index (χ1v) is 6.92. The van der Waals surface area contributed by atoms with Crippen molar-refractivity contribution in [2.75, 3.05) is 19.6 Å². The molecule has 0 bridgehead atoms. The Balaban J connectivity index is 2.49. The maximum absolute atomic E-state index is 9.42. The van der Waals surface area contributed by atoms with E-state index in [0.717, 1.165) is 38.9 Å². The molecule has 1 saturated heterocycles. The highest BCUT2D eigenvalue weighted by atomic mass is 15.2. The SMILES string of the molecule is CCC(C)NC1(C#N)CCN(CC(C)C)CC1. The van der Waals surface area contributed by atoms with Gasteiger partial charge in [-0.25, -0.2) is 0 Å². The molecule has 1 rings (SSSR count). The third kappa shape index (κ3) is 4.29. The van der Waals surface area contributed by atoms with Crippen molar-refractivity contribution >= 4 is 0 Å². The van der Waals surface area contributed by atoms with Gasteiger partial charge in [0, 0.05) is 25.7 Å². The number of nitrogens with one attached hydrogen (secondary N) is 1. The molecule has 0 radical (unpaired) electrons. The minimum absolute atomic E-state index is 0.275. The van der Waals surface area contributed by atoms with E-state index in [4.69, 9.17) is 0 Å². The lowest BCUT2D eigenvalue weighted by atomic mass is 9.87. The van der Waals surface area contributed by atoms with E-state index in [1.54, 1.807) is 0 Å². The van der Waals surface area contributed by atoms with E-state index in [2.05, 4.69) is 44.0 Å². The van der Waals surface area contributed by atoms with Crippen molar-refractivity contribution in [2.45, 2.75) is 58.5 Å². The van der Waals surface area contributed by atoms with Gasteiger partial charge in [0.2, 0.25) is 0 Å². The van der Waals surface area contributed by atoms with Gasteiger partial charge in [0.1, 0.15) is 5.54 Å². The zero-order valence-electron chi connectivity index (χ0n) is 11.8. The molecule has 98 valence electrons. The highest BCUT2D eigenvalue weighted by Crippen LogP contribution is 2.23. The Morgan fingerprint density at radius 1 is 1.29 bits per heavy atom. The van der Waals surface area contributed by atoms with Gasteiger partial charge < -0.3 is 4.90 Å². The summed E-state index contributed by atoms with van der Waals surface area (Å²) in [6.45, 7) is 12.1. The molecule has 1 fully saturated rings. The minimum Gasteiger partial charge on any atom is -0.303 e. The lowest BCUT2D eigenvalue weighted by molar-refractivity contribution is 0.146. The summed E-state index contributed by atoms with van der Waals surface area (Å²) in [5, 5.41) is 12.9. The van der Waals surface area contributed by atoms with Gasteiger partial charge in [-0.05, 0) is 32.1 Å². The van der Waals surface area contributed by atoms with Crippen LogP contribution in [0.25, 0.3) is 0 Å². The van der Waals surface area contributed by atoms with Crippen molar-refractivity contribution in [3.63, 3.8) is 0 Å². The molecule has 3 heteroatoms. The van der Waals surface area contributed by atoms with Gasteiger partial charge in [-0.2, -0.15) is 5.26 Å². The summed E-state index contributed by atoms with van der Waals surface area (Å²) in [6, 6.07) is 2.96. The Kier molecular flexibility index (Phi) is 5.42. The van der Waals surface area contributed by atoms with Crippen LogP contribution in [0.1, 0.15) is 47.0 Å². The zero-order valence-corrected chi connectivity index (χ0v) is 11.8. The Morgan fingerprint density at radius 3 is 2.29 bits per heavy atom. The molecule has 1 atom stereocenters. The fourth-order valence-electron chi connectivity index (χ4n) is 2.50. The molecule has 0 aliphatic carbocycles. The number of likely N-dealkylation sites (tertiary alicyclic amines) is 1. The zero-order chi connectivity index (χ0) is 12.9. The van der Waals surface area contributed by atoms with E-state index in [0.29, 0.717) is 12.0 Å². The van der Waals surface area contributed by atoms with Crippen LogP contribution < -0.4 is 5.32 Å². The highest BCUT2D eigenvalue weighted by molar-refractivity contribution is 5.10. The standard InChI is InChI=1S/C14H27N3/c1-5-13(4)16-14(11-15)6-8-17(9-7-14)10-12(2)3/h12-13,16H,5-10H2,1-4H3. The van der Waals surface area contributed by atoms with Gasteiger partial charge in [0.25, 0.3) is 0 Å². The summed E-state index contributed by atoms with van der Waals surface area (Å²) in [7, 11) is 0. The first kappa shape index (κ1) is 14.5. The fourth-order valence-corrected chi connectivity index (χ4v) is 2.50. The molecule has 17 heavy (non-hydrogen) atoms. The fraction of sp³-hybridized carbons (Fsp3) is 0.929. The molecule has 0 saturated carbocycles. The molecule has 0 aromatic rings. The van der Waals surface area contributed by atoms with Crippen molar-refractivity contribution < 1.29 is 0 Å². The molecule has 1 unspecified atom stereocenters. The van der Waals surface area contributed by atoms with Crippen LogP contribution in [-0.4, -0.2) is 36.1 Å². The largest absolute Gasteiger partial charge is 0.303 e. The number of hydrogen-bond donors (Lipinski definition) is 1. The second-order valence-electron chi connectivity index (χ2n) is 5.84. The molecular formula is C14H27N3. The molecule has 0 amide bonds. The third-order valence-electron chi connectivity index (χ3n) is 3.68. The Hall–Kier alpha value is -0.590. The van der Waals surface area contributed by atoms with Crippen molar-refractivity contribution in [3.8, 4) is 6.07 Å². The van der Waals surface area contributed by atoms with Crippen LogP contribution in [0.2, 0.25) is 0 Å². The van der Waals surface area contributed by atoms with Crippen molar-refractivity contribution in [1.82, 2.24) is 10.2 Å². The molecule has 0 aromatic carbocycles. The van der Waals surface area contributed by atoms with E-state index in [1.165, 1.54) is 0 Å². The maximum Gasteiger partial charge on any atom is 0.109 e. The minimum atomic E-state index is -0.275. The number of nitriles is 1. The summed E-state index contributed by atoms with van der Waals surface area (Å²) in [5.74, 6) is 0.715. The summed E-state index contributed by atoms with van der Waals surface area (Å²) in [5.41, 5.74) is -0.275. The third-order valence-corrected chi connectivity index (χ3v) is 3.68. The van der Waals surface area contributed by atoms with Gasteiger partial charge in [0.15, 0.2) is 0 Å². The van der Waals surface area contributed by atoms with Crippen molar-refractivity contribution in [3.05, 3.63) is 0 Å². The van der Waals surface area contributed by atoms with Gasteiger partial charge in [0.05, 0.1) is 6.07 Å². The monoisotopic (exact) mass is 237 g/mol. The second-order valence-corrected chi connectivity index (χ2v) is 5.84. The maximum atomic E-state index is 9.42. The summed E-state index contributed by atoms with van der Waals surface area (Å²) >= 11 is 0. The molecule has 0 aromatic heterocycles. The highest BCUT2D eigenvalue weighted by Gasteiger charge is 2.35. The van der Waals surface area contributed by atoms with Crippen LogP contribution in [0.15, 0.2) is 0 Å². The van der Waals surface area contributed by atoms with Gasteiger partial charge in [-0.15, -0.1) is 0 Å². The average molecular weight is 237 g/mol. The second kappa shape index (κ2) is 6.37. The molecule has 1 heterocycles. The lowest BCUT2D eigenvalue weighted by Crippen LogP contribution is -2.55. The quantitative estimate of drug-likeness (QED) is 0.798. The molecule has 1 N–H and O–H groups in total. The average Bonchev–Trinajstić information content (AvgIpc) is 2.31. The van der Waals surface area contributed by atoms with Crippen LogP contribution in [0.4, 0.5) is 0 Å². The van der Waals surface area contributed by atoms with Gasteiger partial charge >= 0.3 is 0 Å². The van der Waals surface area contributed by atoms with Crippen LogP contribution in [0, 0.1) is 17.2 Å².